The van der Waals surface area contributed by atoms with Crippen LogP contribution in [0, 0.1) is 5.92 Å². The number of nitrogens with one attached hydrogen (secondary N) is 1. The van der Waals surface area contributed by atoms with Crippen LogP contribution >= 0.6 is 0 Å². The summed E-state index contributed by atoms with van der Waals surface area (Å²) in [5.41, 5.74) is 2.25. The molecule has 0 aliphatic carbocycles. The van der Waals surface area contributed by atoms with Gasteiger partial charge in [0.1, 0.15) is 11.8 Å². The average molecular weight is 407 g/mol. The Balaban J connectivity index is 1.43. The molecule has 0 saturated carbocycles. The molecule has 5 heteroatoms. The Morgan fingerprint density at radius 2 is 1.77 bits per heavy atom. The van der Waals surface area contributed by atoms with Crippen LogP contribution in [-0.2, 0) is 16.0 Å². The Labute approximate surface area is 178 Å². The van der Waals surface area contributed by atoms with Gasteiger partial charge in [-0.2, -0.15) is 0 Å². The van der Waals surface area contributed by atoms with Gasteiger partial charge >= 0.3 is 0 Å². The summed E-state index contributed by atoms with van der Waals surface area (Å²) in [7, 11) is 1.61. The second-order valence-corrected chi connectivity index (χ2v) is 7.80. The zero-order valence-electron chi connectivity index (χ0n) is 17.7. The lowest BCUT2D eigenvalue weighted by molar-refractivity contribution is -0.136. The predicted molar refractivity (Wildman–Crippen MR) is 119 cm³/mol. The molecule has 2 aromatic carbocycles. The number of carbonyl (C=O) groups is 2. The monoisotopic (exact) mass is 406 g/mol. The first-order valence-electron chi connectivity index (χ1n) is 10.5. The van der Waals surface area contributed by atoms with Crippen molar-refractivity contribution < 1.29 is 14.3 Å². The van der Waals surface area contributed by atoms with E-state index in [1.54, 1.807) is 20.1 Å². The zero-order valence-corrected chi connectivity index (χ0v) is 17.7. The normalized spacial score (nSPS) is 15.7. The highest BCUT2D eigenvalue weighted by Crippen LogP contribution is 2.22. The molecule has 1 atom stereocenters. The van der Waals surface area contributed by atoms with Crippen LogP contribution in [0.2, 0.25) is 0 Å². The maximum Gasteiger partial charge on any atom is 0.244 e. The maximum atomic E-state index is 12.7. The summed E-state index contributed by atoms with van der Waals surface area (Å²) >= 11 is 0. The first-order valence-corrected chi connectivity index (χ1v) is 10.5. The molecule has 1 aliphatic heterocycles. The molecule has 0 radical (unpaired) electrons. The van der Waals surface area contributed by atoms with Gasteiger partial charge in [-0.05, 0) is 61.4 Å². The van der Waals surface area contributed by atoms with Crippen molar-refractivity contribution in [3.63, 3.8) is 0 Å². The summed E-state index contributed by atoms with van der Waals surface area (Å²) in [5.74, 6) is 1.09. The SMILES string of the molecule is COc1ccc(/C=C/C(=O)NC(C)C(=O)N2CCC(Cc3ccccc3)CC2)cc1. The smallest absolute Gasteiger partial charge is 0.244 e. The van der Waals surface area contributed by atoms with Gasteiger partial charge in [0.25, 0.3) is 0 Å². The van der Waals surface area contributed by atoms with Crippen LogP contribution < -0.4 is 10.1 Å². The van der Waals surface area contributed by atoms with Crippen molar-refractivity contribution in [3.05, 3.63) is 71.8 Å². The highest BCUT2D eigenvalue weighted by molar-refractivity contribution is 5.95. The first kappa shape index (κ1) is 21.6. The van der Waals surface area contributed by atoms with Crippen LogP contribution in [0.15, 0.2) is 60.7 Å². The number of hydrogen-bond acceptors (Lipinski definition) is 3. The van der Waals surface area contributed by atoms with Crippen LogP contribution in [-0.4, -0.2) is 43.0 Å². The quantitative estimate of drug-likeness (QED) is 0.714. The third-order valence-corrected chi connectivity index (χ3v) is 5.57. The molecule has 30 heavy (non-hydrogen) atoms. The highest BCUT2D eigenvalue weighted by atomic mass is 16.5. The maximum absolute atomic E-state index is 12.7. The van der Waals surface area contributed by atoms with Crippen LogP contribution in [0.25, 0.3) is 6.08 Å². The van der Waals surface area contributed by atoms with Gasteiger partial charge in [0.15, 0.2) is 0 Å². The van der Waals surface area contributed by atoms with Crippen LogP contribution in [0.4, 0.5) is 0 Å². The van der Waals surface area contributed by atoms with E-state index < -0.39 is 6.04 Å². The lowest BCUT2D eigenvalue weighted by atomic mass is 9.90. The predicted octanol–water partition coefficient (Wildman–Crippen LogP) is 3.69. The van der Waals surface area contributed by atoms with Crippen molar-refractivity contribution in [2.75, 3.05) is 20.2 Å². The number of benzene rings is 2. The van der Waals surface area contributed by atoms with Gasteiger partial charge in [-0.15, -0.1) is 0 Å². The second-order valence-electron chi connectivity index (χ2n) is 7.80. The van der Waals surface area contributed by atoms with Crippen molar-refractivity contribution >= 4 is 17.9 Å². The Morgan fingerprint density at radius 1 is 1.10 bits per heavy atom. The molecule has 5 nitrogen and oxygen atoms in total. The lowest BCUT2D eigenvalue weighted by Crippen LogP contribution is -2.49. The minimum Gasteiger partial charge on any atom is -0.497 e. The van der Waals surface area contributed by atoms with Crippen molar-refractivity contribution in [3.8, 4) is 5.75 Å². The third-order valence-electron chi connectivity index (χ3n) is 5.57. The van der Waals surface area contributed by atoms with Gasteiger partial charge < -0.3 is 15.0 Å². The van der Waals surface area contributed by atoms with Gasteiger partial charge in [-0.3, -0.25) is 9.59 Å². The van der Waals surface area contributed by atoms with E-state index in [0.29, 0.717) is 5.92 Å². The standard InChI is InChI=1S/C25H30N2O3/c1-19(26-24(28)13-10-20-8-11-23(30-2)12-9-20)25(29)27-16-14-22(15-17-27)18-21-6-4-3-5-7-21/h3-13,19,22H,14-18H2,1-2H3,(H,26,28)/b13-10+. The largest absolute Gasteiger partial charge is 0.497 e. The van der Waals surface area contributed by atoms with E-state index in [1.807, 2.05) is 35.2 Å². The third kappa shape index (κ3) is 6.21. The summed E-state index contributed by atoms with van der Waals surface area (Å²) in [5, 5.41) is 2.78. The van der Waals surface area contributed by atoms with E-state index in [0.717, 1.165) is 43.7 Å². The first-order chi connectivity index (χ1) is 14.5. The molecule has 0 aromatic heterocycles. The van der Waals surface area contributed by atoms with Crippen molar-refractivity contribution in [2.24, 2.45) is 5.92 Å². The Hall–Kier alpha value is -3.08. The molecule has 1 fully saturated rings. The van der Waals surface area contributed by atoms with Crippen molar-refractivity contribution in [2.45, 2.75) is 32.2 Å². The fraction of sp³-hybridized carbons (Fsp3) is 0.360. The number of hydrogen-bond donors (Lipinski definition) is 1. The van der Waals surface area contributed by atoms with Gasteiger partial charge in [0.05, 0.1) is 7.11 Å². The fourth-order valence-electron chi connectivity index (χ4n) is 3.79. The number of methoxy groups -OCH3 is 1. The fourth-order valence-corrected chi connectivity index (χ4v) is 3.79. The summed E-state index contributed by atoms with van der Waals surface area (Å²) in [6.45, 7) is 3.24. The molecule has 3 rings (SSSR count). The number of ether oxygens (including phenoxy) is 1. The molecule has 0 spiro atoms. The molecule has 0 bridgehead atoms. The van der Waals surface area contributed by atoms with E-state index in [-0.39, 0.29) is 11.8 Å². The van der Waals surface area contributed by atoms with E-state index in [2.05, 4.69) is 29.6 Å². The van der Waals surface area contributed by atoms with E-state index >= 15 is 0 Å². The summed E-state index contributed by atoms with van der Waals surface area (Å²) in [6.07, 6.45) is 6.24. The molecule has 1 N–H and O–H groups in total. The van der Waals surface area contributed by atoms with E-state index in [9.17, 15) is 9.59 Å². The summed E-state index contributed by atoms with van der Waals surface area (Å²) < 4.78 is 5.12. The summed E-state index contributed by atoms with van der Waals surface area (Å²) in [6, 6.07) is 17.4. The van der Waals surface area contributed by atoms with Crippen LogP contribution in [0.1, 0.15) is 30.9 Å². The lowest BCUT2D eigenvalue weighted by Gasteiger charge is -2.33. The Morgan fingerprint density at radius 3 is 2.40 bits per heavy atom. The molecule has 1 heterocycles. The average Bonchev–Trinajstić information content (AvgIpc) is 2.78. The molecule has 1 saturated heterocycles. The molecule has 1 unspecified atom stereocenters. The molecule has 2 amide bonds. The number of carbonyl (C=O) groups excluding carboxylic acids is 2. The molecule has 2 aromatic rings. The molecular weight excluding hydrogens is 376 g/mol. The topological polar surface area (TPSA) is 58.6 Å². The Kier molecular flexibility index (Phi) is 7.66. The zero-order chi connectivity index (χ0) is 21.3. The minimum atomic E-state index is -0.538. The highest BCUT2D eigenvalue weighted by Gasteiger charge is 2.26. The number of likely N-dealkylation sites (tertiary alicyclic amines) is 1. The molecule has 1 aliphatic rings. The van der Waals surface area contributed by atoms with E-state index in [1.165, 1.54) is 11.6 Å². The van der Waals surface area contributed by atoms with Gasteiger partial charge in [-0.25, -0.2) is 0 Å². The number of rotatable bonds is 7. The van der Waals surface area contributed by atoms with Crippen LogP contribution in [0.3, 0.4) is 0 Å². The number of piperidine rings is 1. The van der Waals surface area contributed by atoms with Crippen molar-refractivity contribution in [1.82, 2.24) is 10.2 Å². The van der Waals surface area contributed by atoms with Crippen molar-refractivity contribution in [1.29, 1.82) is 0 Å². The minimum absolute atomic E-state index is 0.0145. The number of amides is 2. The van der Waals surface area contributed by atoms with Gasteiger partial charge in [0.2, 0.25) is 11.8 Å². The van der Waals surface area contributed by atoms with Crippen LogP contribution in [0.5, 0.6) is 5.75 Å². The summed E-state index contributed by atoms with van der Waals surface area (Å²) in [4.78, 5) is 26.8. The van der Waals surface area contributed by atoms with Gasteiger partial charge in [0, 0.05) is 19.2 Å². The molecular formula is C25H30N2O3. The van der Waals surface area contributed by atoms with E-state index in [4.69, 9.17) is 4.74 Å². The second kappa shape index (κ2) is 10.6. The Bertz CT molecular complexity index is 854. The number of nitrogens with zero attached hydrogens (tertiary/aromatic N) is 1. The van der Waals surface area contributed by atoms with Gasteiger partial charge in [-0.1, -0.05) is 42.5 Å². The molecule has 158 valence electrons.